The van der Waals surface area contributed by atoms with Gasteiger partial charge in [0.1, 0.15) is 6.04 Å². The molecule has 1 atom stereocenters. The number of hydrogen-bond donors (Lipinski definition) is 1. The fraction of sp³-hybridized carbons (Fsp3) is 0.227. The molecule has 0 fully saturated rings. The second-order valence-electron chi connectivity index (χ2n) is 7.00. The molecular weight excluding hydrogens is 388 g/mol. The summed E-state index contributed by atoms with van der Waals surface area (Å²) in [7, 11) is 0. The fourth-order valence-corrected chi connectivity index (χ4v) is 3.95. The Kier molecular flexibility index (Phi) is 5.11. The maximum Gasteiger partial charge on any atom is 0.273 e. The SMILES string of the molecule is CC[C@H](C(=O)NCc1cccc(Cl)c1)n1c2ccccc2c2nc(=O)cc(C)n21. The summed E-state index contributed by atoms with van der Waals surface area (Å²) in [6.07, 6.45) is 0.584. The Morgan fingerprint density at radius 2 is 1.97 bits per heavy atom. The van der Waals surface area contributed by atoms with Crippen molar-refractivity contribution in [2.45, 2.75) is 32.9 Å². The van der Waals surface area contributed by atoms with Gasteiger partial charge in [-0.2, -0.15) is 4.98 Å². The highest BCUT2D eigenvalue weighted by Gasteiger charge is 2.24. The minimum atomic E-state index is -0.459. The van der Waals surface area contributed by atoms with E-state index in [2.05, 4.69) is 10.3 Å². The van der Waals surface area contributed by atoms with Gasteiger partial charge in [-0.3, -0.25) is 14.3 Å². The lowest BCUT2D eigenvalue weighted by Gasteiger charge is -2.20. The topological polar surface area (TPSA) is 68.4 Å². The van der Waals surface area contributed by atoms with Crippen molar-refractivity contribution in [2.75, 3.05) is 0 Å². The van der Waals surface area contributed by atoms with Gasteiger partial charge in [-0.15, -0.1) is 0 Å². The standard InChI is InChI=1S/C22H21ClN4O2/c1-3-18(22(29)24-13-15-7-6-8-16(23)12-15)27-19-10-5-4-9-17(19)21-25-20(28)11-14(2)26(21)27/h4-12,18H,3,13H2,1-2H3,(H,24,29)/t18-/m1/s1. The van der Waals surface area contributed by atoms with E-state index in [9.17, 15) is 9.59 Å². The van der Waals surface area contributed by atoms with Crippen molar-refractivity contribution in [2.24, 2.45) is 0 Å². The minimum absolute atomic E-state index is 0.103. The van der Waals surface area contributed by atoms with Gasteiger partial charge in [0.05, 0.1) is 5.52 Å². The number of carbonyl (C=O) groups excluding carboxylic acids is 1. The number of para-hydroxylation sites is 1. The zero-order valence-electron chi connectivity index (χ0n) is 16.2. The lowest BCUT2D eigenvalue weighted by atomic mass is 10.1. The maximum absolute atomic E-state index is 13.1. The molecule has 0 unspecified atom stereocenters. The van der Waals surface area contributed by atoms with Crippen LogP contribution < -0.4 is 10.9 Å². The summed E-state index contributed by atoms with van der Waals surface area (Å²) in [4.78, 5) is 29.3. The Bertz CT molecular complexity index is 1280. The second-order valence-corrected chi connectivity index (χ2v) is 7.44. The van der Waals surface area contributed by atoms with E-state index >= 15 is 0 Å². The van der Waals surface area contributed by atoms with Crippen molar-refractivity contribution in [3.05, 3.63) is 81.2 Å². The smallest absolute Gasteiger partial charge is 0.273 e. The van der Waals surface area contributed by atoms with Crippen molar-refractivity contribution < 1.29 is 4.79 Å². The molecule has 0 saturated carbocycles. The van der Waals surface area contributed by atoms with Crippen LogP contribution in [0.2, 0.25) is 5.02 Å². The van der Waals surface area contributed by atoms with Crippen LogP contribution in [0.3, 0.4) is 0 Å². The molecule has 1 N–H and O–H groups in total. The fourth-order valence-electron chi connectivity index (χ4n) is 3.74. The van der Waals surface area contributed by atoms with Gasteiger partial charge in [-0.05, 0) is 43.2 Å². The number of aromatic nitrogens is 3. The van der Waals surface area contributed by atoms with E-state index < -0.39 is 6.04 Å². The molecule has 4 aromatic rings. The van der Waals surface area contributed by atoms with Gasteiger partial charge in [0, 0.05) is 28.7 Å². The first-order valence-corrected chi connectivity index (χ1v) is 9.89. The minimum Gasteiger partial charge on any atom is -0.350 e. The second kappa shape index (κ2) is 7.72. The van der Waals surface area contributed by atoms with Crippen molar-refractivity contribution in [3.8, 4) is 0 Å². The molecule has 0 spiro atoms. The van der Waals surface area contributed by atoms with Gasteiger partial charge in [-0.25, -0.2) is 4.52 Å². The zero-order valence-corrected chi connectivity index (χ0v) is 17.0. The number of fused-ring (bicyclic) bond motifs is 3. The number of benzene rings is 2. The molecule has 0 bridgehead atoms. The molecule has 1 amide bonds. The van der Waals surface area contributed by atoms with Gasteiger partial charge in [-0.1, -0.05) is 42.8 Å². The van der Waals surface area contributed by atoms with Crippen LogP contribution in [0.5, 0.6) is 0 Å². The number of halogens is 1. The Morgan fingerprint density at radius 3 is 2.72 bits per heavy atom. The molecule has 0 aliphatic carbocycles. The lowest BCUT2D eigenvalue weighted by molar-refractivity contribution is -0.124. The van der Waals surface area contributed by atoms with Gasteiger partial charge in [0.2, 0.25) is 5.91 Å². The number of nitrogens with zero attached hydrogens (tertiary/aromatic N) is 3. The van der Waals surface area contributed by atoms with Gasteiger partial charge in [0.15, 0.2) is 5.65 Å². The number of aryl methyl sites for hydroxylation is 1. The first-order chi connectivity index (χ1) is 14.0. The van der Waals surface area contributed by atoms with E-state index in [0.29, 0.717) is 23.6 Å². The average molecular weight is 409 g/mol. The van der Waals surface area contributed by atoms with Crippen LogP contribution in [0.15, 0.2) is 59.4 Å². The maximum atomic E-state index is 13.1. The van der Waals surface area contributed by atoms with E-state index in [1.807, 2.05) is 65.5 Å². The summed E-state index contributed by atoms with van der Waals surface area (Å²) in [5.74, 6) is -0.103. The molecule has 6 nitrogen and oxygen atoms in total. The molecule has 0 aliphatic heterocycles. The number of hydrogen-bond acceptors (Lipinski definition) is 3. The molecule has 2 aromatic heterocycles. The first kappa shape index (κ1) is 19.2. The van der Waals surface area contributed by atoms with Crippen LogP contribution in [0.1, 0.15) is 30.6 Å². The van der Waals surface area contributed by atoms with Gasteiger partial charge < -0.3 is 5.32 Å². The first-order valence-electron chi connectivity index (χ1n) is 9.51. The van der Waals surface area contributed by atoms with Crippen molar-refractivity contribution in [3.63, 3.8) is 0 Å². The van der Waals surface area contributed by atoms with Crippen LogP contribution in [0.25, 0.3) is 16.6 Å². The molecule has 2 aromatic carbocycles. The number of amides is 1. The van der Waals surface area contributed by atoms with Crippen LogP contribution in [-0.2, 0) is 11.3 Å². The van der Waals surface area contributed by atoms with E-state index in [-0.39, 0.29) is 11.5 Å². The van der Waals surface area contributed by atoms with Crippen LogP contribution >= 0.6 is 11.6 Å². The molecule has 0 aliphatic rings. The van der Waals surface area contributed by atoms with Gasteiger partial charge in [0.25, 0.3) is 5.56 Å². The Hall–Kier alpha value is -3.12. The summed E-state index contributed by atoms with van der Waals surface area (Å²) in [6, 6.07) is 16.1. The number of rotatable bonds is 5. The summed E-state index contributed by atoms with van der Waals surface area (Å²) < 4.78 is 3.79. The summed E-state index contributed by atoms with van der Waals surface area (Å²) in [5.41, 5.74) is 2.80. The van der Waals surface area contributed by atoms with E-state index in [4.69, 9.17) is 11.6 Å². The summed E-state index contributed by atoms with van der Waals surface area (Å²) in [5, 5.41) is 4.49. The molecular formula is C22H21ClN4O2. The third-order valence-electron chi connectivity index (χ3n) is 5.03. The van der Waals surface area contributed by atoms with E-state index in [1.165, 1.54) is 6.07 Å². The third-order valence-corrected chi connectivity index (χ3v) is 5.27. The summed E-state index contributed by atoms with van der Waals surface area (Å²) >= 11 is 6.04. The largest absolute Gasteiger partial charge is 0.350 e. The van der Waals surface area contributed by atoms with Crippen LogP contribution in [0.4, 0.5) is 0 Å². The summed E-state index contributed by atoms with van der Waals surface area (Å²) in [6.45, 7) is 4.21. The Morgan fingerprint density at radius 1 is 1.17 bits per heavy atom. The molecule has 148 valence electrons. The highest BCUT2D eigenvalue weighted by atomic mass is 35.5. The van der Waals surface area contributed by atoms with E-state index in [1.54, 1.807) is 6.07 Å². The highest BCUT2D eigenvalue weighted by Crippen LogP contribution is 2.26. The monoisotopic (exact) mass is 408 g/mol. The third kappa shape index (κ3) is 3.51. The normalized spacial score (nSPS) is 12.4. The van der Waals surface area contributed by atoms with Crippen molar-refractivity contribution in [1.29, 1.82) is 0 Å². The predicted octanol–water partition coefficient (Wildman–Crippen LogP) is 3.88. The van der Waals surface area contributed by atoms with E-state index in [0.717, 1.165) is 22.2 Å². The Labute approximate surface area is 172 Å². The molecule has 2 heterocycles. The van der Waals surface area contributed by atoms with Crippen molar-refractivity contribution >= 4 is 34.1 Å². The van der Waals surface area contributed by atoms with Crippen LogP contribution in [-0.4, -0.2) is 20.1 Å². The molecule has 0 saturated heterocycles. The highest BCUT2D eigenvalue weighted by molar-refractivity contribution is 6.30. The van der Waals surface area contributed by atoms with Crippen molar-refractivity contribution in [1.82, 2.24) is 19.5 Å². The lowest BCUT2D eigenvalue weighted by Crippen LogP contribution is -2.34. The predicted molar refractivity (Wildman–Crippen MR) is 114 cm³/mol. The molecule has 0 radical (unpaired) electrons. The average Bonchev–Trinajstić information content (AvgIpc) is 3.02. The zero-order chi connectivity index (χ0) is 20.5. The number of nitrogens with one attached hydrogen (secondary N) is 1. The van der Waals surface area contributed by atoms with Crippen LogP contribution in [0, 0.1) is 6.92 Å². The molecule has 4 rings (SSSR count). The Balaban J connectivity index is 1.78. The van der Waals surface area contributed by atoms with Gasteiger partial charge >= 0.3 is 0 Å². The quantitative estimate of drug-likeness (QED) is 0.545. The molecule has 7 heteroatoms. The molecule has 29 heavy (non-hydrogen) atoms. The number of carbonyl (C=O) groups is 1.